The summed E-state index contributed by atoms with van der Waals surface area (Å²) in [6, 6.07) is 15.8. The fourth-order valence-corrected chi connectivity index (χ4v) is 4.64. The lowest BCUT2D eigenvalue weighted by Crippen LogP contribution is -2.29. The molecule has 0 saturated carbocycles. The fraction of sp³-hybridized carbons (Fsp3) is 0.118. The van der Waals surface area contributed by atoms with Gasteiger partial charge in [-0.3, -0.25) is 14.2 Å². The van der Waals surface area contributed by atoms with Crippen LogP contribution < -0.4 is 25.1 Å². The van der Waals surface area contributed by atoms with E-state index in [0.717, 1.165) is 17.8 Å². The predicted molar refractivity (Wildman–Crippen MR) is 170 cm³/mol. The highest BCUT2D eigenvalue weighted by atomic mass is 19.1. The van der Waals surface area contributed by atoms with Gasteiger partial charge in [-0.15, -0.1) is 0 Å². The average molecular weight is 626 g/mol. The molecule has 1 amide bonds. The number of halogens is 2. The number of hydrogen-bond donors (Lipinski definition) is 3. The number of nitrogens with zero attached hydrogens (tertiary/aromatic N) is 2. The minimum Gasteiger partial charge on any atom is -0.493 e. The Morgan fingerprint density at radius 1 is 1.00 bits per heavy atom. The summed E-state index contributed by atoms with van der Waals surface area (Å²) >= 11 is 0. The van der Waals surface area contributed by atoms with E-state index in [1.165, 1.54) is 59.3 Å². The van der Waals surface area contributed by atoms with Crippen LogP contribution in [0, 0.1) is 17.0 Å². The molecular formula is C34H29F2N5O5. The van der Waals surface area contributed by atoms with Gasteiger partial charge in [0.15, 0.2) is 17.3 Å². The van der Waals surface area contributed by atoms with E-state index >= 15 is 4.39 Å². The number of pyridine rings is 2. The highest BCUT2D eigenvalue weighted by Gasteiger charge is 2.21. The van der Waals surface area contributed by atoms with Crippen molar-refractivity contribution in [2.75, 3.05) is 18.5 Å². The zero-order chi connectivity index (χ0) is 32.6. The molecule has 0 aliphatic carbocycles. The molecule has 0 spiro atoms. The highest BCUT2D eigenvalue weighted by Crippen LogP contribution is 2.32. The first-order valence-corrected chi connectivity index (χ1v) is 14.2. The molecule has 3 N–H and O–H groups in total. The number of nitrogens with one attached hydrogen (secondary N) is 3. The van der Waals surface area contributed by atoms with Gasteiger partial charge in [0.05, 0.1) is 18.9 Å². The molecule has 0 radical (unpaired) electrons. The first kappa shape index (κ1) is 31.4. The Kier molecular flexibility index (Phi) is 9.66. The van der Waals surface area contributed by atoms with Crippen molar-refractivity contribution >= 4 is 23.6 Å². The van der Waals surface area contributed by atoms with Crippen LogP contribution in [0.5, 0.6) is 17.4 Å². The zero-order valence-electron chi connectivity index (χ0n) is 24.8. The molecule has 2 aromatic carbocycles. The molecule has 0 unspecified atom stereocenters. The van der Waals surface area contributed by atoms with Crippen molar-refractivity contribution in [3.63, 3.8) is 0 Å². The summed E-state index contributed by atoms with van der Waals surface area (Å²) in [6.07, 6.45) is 7.09. The van der Waals surface area contributed by atoms with Crippen LogP contribution in [0.4, 0.5) is 14.5 Å². The zero-order valence-corrected chi connectivity index (χ0v) is 24.8. The van der Waals surface area contributed by atoms with Crippen LogP contribution in [-0.4, -0.2) is 39.9 Å². The van der Waals surface area contributed by atoms with Gasteiger partial charge in [0.2, 0.25) is 5.88 Å². The molecule has 5 aromatic rings. The van der Waals surface area contributed by atoms with Gasteiger partial charge >= 0.3 is 0 Å². The Bertz CT molecular complexity index is 1970. The molecule has 46 heavy (non-hydrogen) atoms. The summed E-state index contributed by atoms with van der Waals surface area (Å²) in [5.74, 6) is -1.67. The largest absolute Gasteiger partial charge is 0.493 e. The van der Waals surface area contributed by atoms with Crippen molar-refractivity contribution in [3.8, 4) is 34.2 Å². The minimum absolute atomic E-state index is 0.0366. The Morgan fingerprint density at radius 2 is 1.78 bits per heavy atom. The van der Waals surface area contributed by atoms with E-state index in [2.05, 4.69) is 15.3 Å². The second-order valence-corrected chi connectivity index (χ2v) is 9.62. The summed E-state index contributed by atoms with van der Waals surface area (Å²) in [7, 11) is 0. The molecule has 0 fully saturated rings. The second kappa shape index (κ2) is 14.2. The Labute approximate surface area is 262 Å². The number of aromatic amines is 1. The average Bonchev–Trinajstić information content (AvgIpc) is 3.53. The van der Waals surface area contributed by atoms with E-state index in [4.69, 9.17) is 19.6 Å². The number of aromatic nitrogens is 3. The Hall–Kier alpha value is -6.04. The van der Waals surface area contributed by atoms with Crippen LogP contribution in [-0.2, 0) is 0 Å². The van der Waals surface area contributed by atoms with E-state index in [0.29, 0.717) is 29.4 Å². The van der Waals surface area contributed by atoms with Gasteiger partial charge in [-0.1, -0.05) is 0 Å². The maximum atomic E-state index is 15.4. The molecule has 0 atom stereocenters. The number of allylic oxidation sites excluding steroid dienone is 1. The third kappa shape index (κ3) is 6.86. The van der Waals surface area contributed by atoms with Crippen LogP contribution >= 0.6 is 0 Å². The van der Waals surface area contributed by atoms with E-state index < -0.39 is 23.1 Å². The maximum absolute atomic E-state index is 15.4. The van der Waals surface area contributed by atoms with Crippen molar-refractivity contribution < 1.29 is 27.8 Å². The van der Waals surface area contributed by atoms with Gasteiger partial charge in [0.25, 0.3) is 11.5 Å². The molecule has 0 bridgehead atoms. The Morgan fingerprint density at radius 3 is 2.50 bits per heavy atom. The van der Waals surface area contributed by atoms with Gasteiger partial charge in [0.1, 0.15) is 17.1 Å². The van der Waals surface area contributed by atoms with Crippen molar-refractivity contribution in [1.29, 1.82) is 5.41 Å². The summed E-state index contributed by atoms with van der Waals surface area (Å²) in [6.45, 7) is 4.19. The minimum atomic E-state index is -0.831. The lowest BCUT2D eigenvalue weighted by Gasteiger charge is -2.15. The molecule has 0 aliphatic heterocycles. The Balaban J connectivity index is 1.40. The van der Waals surface area contributed by atoms with Crippen LogP contribution in [0.25, 0.3) is 22.6 Å². The summed E-state index contributed by atoms with van der Waals surface area (Å²) < 4.78 is 47.0. The van der Waals surface area contributed by atoms with Crippen LogP contribution in [0.3, 0.4) is 0 Å². The van der Waals surface area contributed by atoms with E-state index in [-0.39, 0.29) is 35.1 Å². The quantitative estimate of drug-likeness (QED) is 0.105. The van der Waals surface area contributed by atoms with Crippen LogP contribution in [0.15, 0.2) is 96.2 Å². The maximum Gasteiger partial charge on any atom is 0.271 e. The van der Waals surface area contributed by atoms with E-state index in [1.807, 2.05) is 6.92 Å². The first-order valence-electron chi connectivity index (χ1n) is 14.2. The number of carbonyl (C=O) groups excluding carboxylic acids is 1. The molecule has 0 aliphatic rings. The van der Waals surface area contributed by atoms with Gasteiger partial charge < -0.3 is 29.9 Å². The number of rotatable bonds is 12. The van der Waals surface area contributed by atoms with Crippen molar-refractivity contribution in [1.82, 2.24) is 14.5 Å². The van der Waals surface area contributed by atoms with Gasteiger partial charge in [0, 0.05) is 60.0 Å². The van der Waals surface area contributed by atoms with Gasteiger partial charge in [-0.25, -0.2) is 13.8 Å². The number of H-pyrrole nitrogens is 1. The first-order chi connectivity index (χ1) is 22.3. The summed E-state index contributed by atoms with van der Waals surface area (Å²) in [4.78, 5) is 34.0. The fourth-order valence-electron chi connectivity index (χ4n) is 4.64. The molecule has 10 nitrogen and oxygen atoms in total. The number of amides is 1. The van der Waals surface area contributed by atoms with E-state index in [9.17, 15) is 14.0 Å². The van der Waals surface area contributed by atoms with Gasteiger partial charge in [-0.05, 0) is 74.0 Å². The second-order valence-electron chi connectivity index (χ2n) is 9.62. The van der Waals surface area contributed by atoms with Crippen LogP contribution in [0.1, 0.15) is 29.9 Å². The topological polar surface area (TPSA) is 131 Å². The highest BCUT2D eigenvalue weighted by molar-refractivity contribution is 6.06. The molecule has 0 saturated heterocycles. The lowest BCUT2D eigenvalue weighted by atomic mass is 10.1. The number of hydrogen-bond acceptors (Lipinski definition) is 7. The number of ether oxygens (including phenoxy) is 3. The molecule has 12 heteroatoms. The molecule has 3 aromatic heterocycles. The van der Waals surface area contributed by atoms with Crippen molar-refractivity contribution in [2.45, 2.75) is 13.8 Å². The third-order valence-electron chi connectivity index (χ3n) is 6.66. The van der Waals surface area contributed by atoms with Crippen molar-refractivity contribution in [3.05, 3.63) is 125 Å². The summed E-state index contributed by atoms with van der Waals surface area (Å²) in [5.41, 5.74) is 1.33. The third-order valence-corrected chi connectivity index (χ3v) is 6.66. The molecule has 3 heterocycles. The monoisotopic (exact) mass is 625 g/mol. The number of carbonyl (C=O) groups is 1. The van der Waals surface area contributed by atoms with E-state index in [1.54, 1.807) is 37.5 Å². The number of benzene rings is 2. The lowest BCUT2D eigenvalue weighted by molar-refractivity contribution is 0.102. The van der Waals surface area contributed by atoms with Crippen molar-refractivity contribution in [2.24, 2.45) is 0 Å². The predicted octanol–water partition coefficient (Wildman–Crippen LogP) is 6.62. The SMILES string of the molecule is CCOc1cc(-c2cc[nH]c2/C(=C\C=N)Oc2ccc(NC(=O)c3c(OCC)ccn(-c4ccc(F)cc4)c3=O)cc2F)ccn1. The van der Waals surface area contributed by atoms with Gasteiger partial charge in [-0.2, -0.15) is 0 Å². The molecule has 234 valence electrons. The smallest absolute Gasteiger partial charge is 0.271 e. The number of anilines is 1. The normalized spacial score (nSPS) is 11.2. The molecular weight excluding hydrogens is 596 g/mol. The summed E-state index contributed by atoms with van der Waals surface area (Å²) in [5, 5.41) is 10.2. The van der Waals surface area contributed by atoms with Crippen LogP contribution in [0.2, 0.25) is 0 Å². The standard InChI is InChI=1S/C34H29F2N5O5/c1-3-44-28-14-18-41(24-8-5-22(35)6-9-24)34(43)31(28)33(42)40-23-7-10-27(26(36)20-23)46-29(11-15-37)32-25(13-17-39-32)21-12-16-38-30(19-21)45-4-2/h5-20,37,39H,3-4H2,1-2H3,(H,40,42)/b29-11+,37-15?. The molecule has 5 rings (SSSR count).